The number of nitrogens with one attached hydrogen (secondary N) is 1. The van der Waals surface area contributed by atoms with E-state index in [0.29, 0.717) is 19.6 Å². The molecule has 19 heavy (non-hydrogen) atoms. The fourth-order valence-corrected chi connectivity index (χ4v) is 2.07. The lowest BCUT2D eigenvalue weighted by Gasteiger charge is -2.23. The number of carbonyl (C=O) groups excluding carboxylic acids is 1. The summed E-state index contributed by atoms with van der Waals surface area (Å²) < 4.78 is 11.2. The van der Waals surface area contributed by atoms with Crippen molar-refractivity contribution in [2.75, 3.05) is 18.5 Å². The highest BCUT2D eigenvalue weighted by atomic mass is 16.7. The minimum atomic E-state index is -0.553. The molecule has 1 aliphatic rings. The summed E-state index contributed by atoms with van der Waals surface area (Å²) >= 11 is 0. The summed E-state index contributed by atoms with van der Waals surface area (Å²) in [6.07, 6.45) is 3.82. The second-order valence-electron chi connectivity index (χ2n) is 4.75. The molecule has 1 aromatic rings. The van der Waals surface area contributed by atoms with Gasteiger partial charge in [-0.15, -0.1) is 0 Å². The molecule has 1 saturated heterocycles. The van der Waals surface area contributed by atoms with Gasteiger partial charge in [0.25, 0.3) is 0 Å². The molecule has 0 aliphatic carbocycles. The lowest BCUT2D eigenvalue weighted by Crippen LogP contribution is -2.28. The van der Waals surface area contributed by atoms with Crippen LogP contribution in [0, 0.1) is 0 Å². The SMILES string of the molecule is CC(=O)/C=C/Nc1ccccc1CC1(C)OCCO1. The number of benzene rings is 1. The molecule has 1 aromatic carbocycles. The van der Waals surface area contributed by atoms with Crippen LogP contribution in [0.4, 0.5) is 5.69 Å². The maximum absolute atomic E-state index is 10.9. The molecule has 0 atom stereocenters. The molecule has 1 aliphatic heterocycles. The summed E-state index contributed by atoms with van der Waals surface area (Å²) in [7, 11) is 0. The summed E-state index contributed by atoms with van der Waals surface area (Å²) in [6.45, 7) is 4.74. The lowest BCUT2D eigenvalue weighted by atomic mass is 10.0. The summed E-state index contributed by atoms with van der Waals surface area (Å²) in [5.74, 6) is -0.540. The van der Waals surface area contributed by atoms with Crippen LogP contribution in [-0.4, -0.2) is 24.8 Å². The Morgan fingerprint density at radius 2 is 2.05 bits per heavy atom. The Hall–Kier alpha value is -1.65. The van der Waals surface area contributed by atoms with Crippen molar-refractivity contribution >= 4 is 11.5 Å². The molecule has 0 aromatic heterocycles. The molecular formula is C15H19NO3. The van der Waals surface area contributed by atoms with Gasteiger partial charge in [0, 0.05) is 18.3 Å². The van der Waals surface area contributed by atoms with E-state index >= 15 is 0 Å². The Labute approximate surface area is 113 Å². The topological polar surface area (TPSA) is 47.6 Å². The van der Waals surface area contributed by atoms with Crippen molar-refractivity contribution in [3.05, 3.63) is 42.1 Å². The van der Waals surface area contributed by atoms with Gasteiger partial charge < -0.3 is 14.8 Å². The van der Waals surface area contributed by atoms with E-state index in [0.717, 1.165) is 11.3 Å². The zero-order chi connectivity index (χ0) is 13.7. The van der Waals surface area contributed by atoms with Crippen molar-refractivity contribution in [3.63, 3.8) is 0 Å². The Kier molecular flexibility index (Phi) is 4.35. The predicted molar refractivity (Wildman–Crippen MR) is 73.9 cm³/mol. The number of rotatable bonds is 5. The highest BCUT2D eigenvalue weighted by Crippen LogP contribution is 2.27. The Morgan fingerprint density at radius 1 is 1.37 bits per heavy atom. The van der Waals surface area contributed by atoms with Gasteiger partial charge in [0.15, 0.2) is 11.6 Å². The number of anilines is 1. The van der Waals surface area contributed by atoms with Crippen LogP contribution in [-0.2, 0) is 20.7 Å². The van der Waals surface area contributed by atoms with Gasteiger partial charge in [-0.1, -0.05) is 18.2 Å². The molecule has 0 unspecified atom stereocenters. The molecule has 0 saturated carbocycles. The van der Waals surface area contributed by atoms with E-state index < -0.39 is 5.79 Å². The third-order valence-electron chi connectivity index (χ3n) is 2.98. The molecule has 1 fully saturated rings. The summed E-state index contributed by atoms with van der Waals surface area (Å²) in [6, 6.07) is 7.93. The summed E-state index contributed by atoms with van der Waals surface area (Å²) in [4.78, 5) is 10.9. The number of carbonyl (C=O) groups is 1. The second kappa shape index (κ2) is 5.99. The Bertz CT molecular complexity index is 476. The van der Waals surface area contributed by atoms with Gasteiger partial charge in [-0.3, -0.25) is 4.79 Å². The van der Waals surface area contributed by atoms with Crippen molar-refractivity contribution in [1.29, 1.82) is 0 Å². The second-order valence-corrected chi connectivity index (χ2v) is 4.75. The van der Waals surface area contributed by atoms with E-state index in [1.54, 1.807) is 6.20 Å². The highest BCUT2D eigenvalue weighted by molar-refractivity contribution is 5.87. The molecule has 0 radical (unpaired) electrons. The van der Waals surface area contributed by atoms with Gasteiger partial charge in [0.05, 0.1) is 13.2 Å². The van der Waals surface area contributed by atoms with Crippen LogP contribution < -0.4 is 5.32 Å². The Morgan fingerprint density at radius 3 is 2.74 bits per heavy atom. The maximum atomic E-state index is 10.9. The zero-order valence-corrected chi connectivity index (χ0v) is 11.3. The Balaban J connectivity index is 2.09. The van der Waals surface area contributed by atoms with Crippen LogP contribution in [0.25, 0.3) is 0 Å². The van der Waals surface area contributed by atoms with Crippen LogP contribution in [0.5, 0.6) is 0 Å². The molecular weight excluding hydrogens is 242 g/mol. The number of allylic oxidation sites excluding steroid dienone is 1. The minimum Gasteiger partial charge on any atom is -0.361 e. The first-order valence-electron chi connectivity index (χ1n) is 6.38. The smallest absolute Gasteiger partial charge is 0.169 e. The van der Waals surface area contributed by atoms with E-state index in [9.17, 15) is 4.79 Å². The van der Waals surface area contributed by atoms with Crippen LogP contribution >= 0.6 is 0 Å². The lowest BCUT2D eigenvalue weighted by molar-refractivity contribution is -0.140. The first-order chi connectivity index (χ1) is 9.09. The highest BCUT2D eigenvalue weighted by Gasteiger charge is 2.31. The van der Waals surface area contributed by atoms with Gasteiger partial charge in [0.2, 0.25) is 0 Å². The minimum absolute atomic E-state index is 0.0133. The van der Waals surface area contributed by atoms with Crippen molar-refractivity contribution in [2.45, 2.75) is 26.1 Å². The number of hydrogen-bond donors (Lipinski definition) is 1. The van der Waals surface area contributed by atoms with Crippen LogP contribution in [0.2, 0.25) is 0 Å². The molecule has 1 heterocycles. The summed E-state index contributed by atoms with van der Waals surface area (Å²) in [5.41, 5.74) is 2.06. The van der Waals surface area contributed by atoms with E-state index in [2.05, 4.69) is 5.32 Å². The number of ketones is 1. The summed E-state index contributed by atoms with van der Waals surface area (Å²) in [5, 5.41) is 3.12. The van der Waals surface area contributed by atoms with Crippen molar-refractivity contribution in [3.8, 4) is 0 Å². The van der Waals surface area contributed by atoms with Crippen molar-refractivity contribution in [1.82, 2.24) is 0 Å². The maximum Gasteiger partial charge on any atom is 0.169 e. The van der Waals surface area contributed by atoms with Gasteiger partial charge >= 0.3 is 0 Å². The van der Waals surface area contributed by atoms with Gasteiger partial charge in [-0.2, -0.15) is 0 Å². The fraction of sp³-hybridized carbons (Fsp3) is 0.400. The predicted octanol–water partition coefficient (Wildman–Crippen LogP) is 2.51. The molecule has 102 valence electrons. The normalized spacial score (nSPS) is 17.8. The molecule has 0 bridgehead atoms. The van der Waals surface area contributed by atoms with Crippen LogP contribution in [0.3, 0.4) is 0 Å². The number of hydrogen-bond acceptors (Lipinski definition) is 4. The standard InChI is InChI=1S/C15H19NO3/c1-12(17)7-8-16-14-6-4-3-5-13(14)11-15(2)18-9-10-19-15/h3-8,16H,9-11H2,1-2H3/b8-7+. The number of ether oxygens (including phenoxy) is 2. The molecule has 2 rings (SSSR count). The molecule has 4 heteroatoms. The largest absolute Gasteiger partial charge is 0.361 e. The van der Waals surface area contributed by atoms with Gasteiger partial charge in [-0.25, -0.2) is 0 Å². The number of para-hydroxylation sites is 1. The van der Waals surface area contributed by atoms with Crippen LogP contribution in [0.1, 0.15) is 19.4 Å². The van der Waals surface area contributed by atoms with Crippen molar-refractivity contribution < 1.29 is 14.3 Å². The first-order valence-corrected chi connectivity index (χ1v) is 6.38. The average molecular weight is 261 g/mol. The van der Waals surface area contributed by atoms with Gasteiger partial charge in [-0.05, 0) is 31.6 Å². The van der Waals surface area contributed by atoms with Gasteiger partial charge in [0.1, 0.15) is 0 Å². The monoisotopic (exact) mass is 261 g/mol. The fourth-order valence-electron chi connectivity index (χ4n) is 2.07. The van der Waals surface area contributed by atoms with E-state index in [1.807, 2.05) is 31.2 Å². The van der Waals surface area contributed by atoms with Crippen LogP contribution in [0.15, 0.2) is 36.5 Å². The quantitative estimate of drug-likeness (QED) is 0.827. The molecule has 0 amide bonds. The molecule has 1 N–H and O–H groups in total. The van der Waals surface area contributed by atoms with Crippen molar-refractivity contribution in [2.24, 2.45) is 0 Å². The average Bonchev–Trinajstić information content (AvgIpc) is 2.78. The third kappa shape index (κ3) is 3.91. The zero-order valence-electron chi connectivity index (χ0n) is 11.3. The first kappa shape index (κ1) is 13.8. The third-order valence-corrected chi connectivity index (χ3v) is 2.98. The molecule has 0 spiro atoms. The molecule has 4 nitrogen and oxygen atoms in total. The van der Waals surface area contributed by atoms with E-state index in [4.69, 9.17) is 9.47 Å². The van der Waals surface area contributed by atoms with E-state index in [-0.39, 0.29) is 5.78 Å². The van der Waals surface area contributed by atoms with E-state index in [1.165, 1.54) is 13.0 Å².